The van der Waals surface area contributed by atoms with E-state index in [1.807, 2.05) is 17.4 Å². The van der Waals surface area contributed by atoms with Gasteiger partial charge in [-0.3, -0.25) is 0 Å². The summed E-state index contributed by atoms with van der Waals surface area (Å²) in [6.07, 6.45) is 0. The average molecular weight is 605 g/mol. The molecular weight excluding hydrogens is 577 g/mol. The summed E-state index contributed by atoms with van der Waals surface area (Å²) in [6, 6.07) is 60.9. The number of benzene rings is 7. The van der Waals surface area contributed by atoms with E-state index in [9.17, 15) is 0 Å². The van der Waals surface area contributed by atoms with Crippen molar-refractivity contribution in [2.75, 3.05) is 0 Å². The maximum atomic E-state index is 6.29. The zero-order valence-corrected chi connectivity index (χ0v) is 25.8. The Morgan fingerprint density at radius 2 is 0.870 bits per heavy atom. The molecule has 0 atom stereocenters. The van der Waals surface area contributed by atoms with Crippen LogP contribution in [-0.2, 0) is 0 Å². The van der Waals surface area contributed by atoms with Crippen molar-refractivity contribution in [2.45, 2.75) is 0 Å². The maximum absolute atomic E-state index is 6.29. The van der Waals surface area contributed by atoms with Crippen LogP contribution in [0.2, 0.25) is 0 Å². The van der Waals surface area contributed by atoms with Gasteiger partial charge in [0.25, 0.3) is 0 Å². The number of ether oxygens (including phenoxy) is 1. The van der Waals surface area contributed by atoms with Gasteiger partial charge in [0.2, 0.25) is 0 Å². The minimum absolute atomic E-state index is 0.910. The van der Waals surface area contributed by atoms with Gasteiger partial charge in [0.15, 0.2) is 0 Å². The first-order valence-corrected chi connectivity index (χ1v) is 16.4. The van der Waals surface area contributed by atoms with E-state index in [1.54, 1.807) is 0 Å². The molecule has 0 aliphatic carbocycles. The van der Waals surface area contributed by atoms with Crippen molar-refractivity contribution in [3.05, 3.63) is 170 Å². The van der Waals surface area contributed by atoms with E-state index in [0.717, 1.165) is 17.1 Å². The van der Waals surface area contributed by atoms with Crippen LogP contribution in [0.25, 0.3) is 76.2 Å². The minimum atomic E-state index is 0.910. The normalized spacial score (nSPS) is 11.7. The Morgan fingerprint density at radius 3 is 1.61 bits per heavy atom. The molecule has 7 aromatic carbocycles. The fourth-order valence-electron chi connectivity index (χ4n) is 6.84. The summed E-state index contributed by atoms with van der Waals surface area (Å²) >= 11 is 1.85. The molecule has 0 saturated carbocycles. The average Bonchev–Trinajstić information content (AvgIpc) is 3.63. The third-order valence-electron chi connectivity index (χ3n) is 8.94. The highest BCUT2D eigenvalue weighted by Crippen LogP contribution is 2.49. The summed E-state index contributed by atoms with van der Waals surface area (Å²) in [5, 5.41) is 2.38. The highest BCUT2D eigenvalue weighted by atomic mass is 32.1. The van der Waals surface area contributed by atoms with Crippen LogP contribution in [0.3, 0.4) is 0 Å². The second kappa shape index (κ2) is 11.0. The molecule has 0 radical (unpaired) electrons. The van der Waals surface area contributed by atoms with Gasteiger partial charge in [0.05, 0.1) is 0 Å². The highest BCUT2D eigenvalue weighted by Gasteiger charge is 2.21. The van der Waals surface area contributed by atoms with Crippen LogP contribution in [0, 0.1) is 0 Å². The lowest BCUT2D eigenvalue weighted by Crippen LogP contribution is -1.97. The lowest BCUT2D eigenvalue weighted by Gasteiger charge is -2.21. The SMILES string of the molecule is c1ccc(-c2ccccc2-c2ccccc2-c2ccccc2-c2ccc(-c3cc4c5c(cccc5c3)Oc3ccccc3-4)s2)cc1. The molecule has 0 fully saturated rings. The summed E-state index contributed by atoms with van der Waals surface area (Å²) in [5.74, 6) is 1.83. The molecular formula is C44H28OS. The van der Waals surface area contributed by atoms with Gasteiger partial charge < -0.3 is 4.74 Å². The van der Waals surface area contributed by atoms with Crippen LogP contribution >= 0.6 is 11.3 Å². The number of rotatable bonds is 5. The fraction of sp³-hybridized carbons (Fsp3) is 0. The Bertz CT molecular complexity index is 2400. The summed E-state index contributed by atoms with van der Waals surface area (Å²) < 4.78 is 6.29. The molecule has 0 spiro atoms. The Hall–Kier alpha value is -5.70. The molecule has 0 N–H and O–H groups in total. The number of fused-ring (bicyclic) bond motifs is 2. The smallest absolute Gasteiger partial charge is 0.135 e. The number of hydrogen-bond donors (Lipinski definition) is 0. The Morgan fingerprint density at radius 1 is 0.326 bits per heavy atom. The van der Waals surface area contributed by atoms with Crippen molar-refractivity contribution in [3.8, 4) is 76.9 Å². The molecule has 1 aliphatic rings. The van der Waals surface area contributed by atoms with Gasteiger partial charge in [-0.05, 0) is 91.9 Å². The predicted molar refractivity (Wildman–Crippen MR) is 195 cm³/mol. The molecule has 2 heterocycles. The molecule has 1 aromatic heterocycles. The Labute approximate surface area is 272 Å². The quantitative estimate of drug-likeness (QED) is 0.190. The molecule has 0 unspecified atom stereocenters. The Kier molecular flexibility index (Phi) is 6.40. The van der Waals surface area contributed by atoms with E-state index in [0.29, 0.717) is 0 Å². The van der Waals surface area contributed by atoms with Crippen LogP contribution in [0.4, 0.5) is 0 Å². The van der Waals surface area contributed by atoms with Crippen molar-refractivity contribution in [1.82, 2.24) is 0 Å². The molecule has 46 heavy (non-hydrogen) atoms. The minimum Gasteiger partial charge on any atom is -0.456 e. The summed E-state index contributed by atoms with van der Waals surface area (Å²) in [4.78, 5) is 2.50. The molecule has 216 valence electrons. The van der Waals surface area contributed by atoms with Crippen LogP contribution in [0.1, 0.15) is 0 Å². The van der Waals surface area contributed by atoms with E-state index in [2.05, 4.69) is 164 Å². The van der Waals surface area contributed by atoms with Crippen molar-refractivity contribution in [3.63, 3.8) is 0 Å². The summed E-state index contributed by atoms with van der Waals surface area (Å²) in [6.45, 7) is 0. The number of para-hydroxylation sites is 1. The lowest BCUT2D eigenvalue weighted by molar-refractivity contribution is 0.487. The molecule has 0 amide bonds. The van der Waals surface area contributed by atoms with Crippen molar-refractivity contribution < 1.29 is 4.74 Å². The van der Waals surface area contributed by atoms with Gasteiger partial charge in [-0.2, -0.15) is 0 Å². The van der Waals surface area contributed by atoms with Gasteiger partial charge in [0.1, 0.15) is 11.5 Å². The lowest BCUT2D eigenvalue weighted by atomic mass is 9.88. The molecule has 0 saturated heterocycles. The predicted octanol–water partition coefficient (Wildman–Crippen LogP) is 13.0. The second-order valence-electron chi connectivity index (χ2n) is 11.6. The van der Waals surface area contributed by atoms with Crippen LogP contribution in [0.5, 0.6) is 11.5 Å². The summed E-state index contributed by atoms with van der Waals surface area (Å²) in [7, 11) is 0. The first-order valence-electron chi connectivity index (χ1n) is 15.6. The zero-order valence-electron chi connectivity index (χ0n) is 25.0. The third kappa shape index (κ3) is 4.46. The van der Waals surface area contributed by atoms with Crippen LogP contribution in [0.15, 0.2) is 170 Å². The first-order chi connectivity index (χ1) is 22.8. The fourth-order valence-corrected chi connectivity index (χ4v) is 7.87. The highest BCUT2D eigenvalue weighted by molar-refractivity contribution is 7.18. The first kappa shape index (κ1) is 26.7. The third-order valence-corrected chi connectivity index (χ3v) is 10.1. The number of hydrogen-bond acceptors (Lipinski definition) is 2. The monoisotopic (exact) mass is 604 g/mol. The zero-order chi connectivity index (χ0) is 30.5. The molecule has 2 heteroatoms. The van der Waals surface area contributed by atoms with Crippen molar-refractivity contribution in [2.24, 2.45) is 0 Å². The Balaban J connectivity index is 1.16. The molecule has 9 rings (SSSR count). The molecule has 0 bridgehead atoms. The largest absolute Gasteiger partial charge is 0.456 e. The second-order valence-corrected chi connectivity index (χ2v) is 12.7. The van der Waals surface area contributed by atoms with E-state index in [-0.39, 0.29) is 0 Å². The van der Waals surface area contributed by atoms with Crippen molar-refractivity contribution in [1.29, 1.82) is 0 Å². The van der Waals surface area contributed by atoms with Gasteiger partial charge in [-0.15, -0.1) is 11.3 Å². The van der Waals surface area contributed by atoms with E-state index in [4.69, 9.17) is 4.74 Å². The number of thiophene rings is 1. The molecule has 1 aliphatic heterocycles. The standard InChI is InChI=1S/C44H28OS/c1-2-13-29(14-3-1)32-16-4-5-17-33(32)34-18-6-7-19-35(34)36-20-8-9-22-38(36)43-26-25-42(46-43)31-27-30-15-12-24-41-44(30)39(28-31)37-21-10-11-23-40(37)45-41/h1-28H. The van der Waals surface area contributed by atoms with Crippen LogP contribution in [-0.4, -0.2) is 0 Å². The van der Waals surface area contributed by atoms with E-state index in [1.165, 1.54) is 70.6 Å². The van der Waals surface area contributed by atoms with Crippen molar-refractivity contribution >= 4 is 22.1 Å². The van der Waals surface area contributed by atoms with E-state index < -0.39 is 0 Å². The summed E-state index contributed by atoms with van der Waals surface area (Å²) in [5.41, 5.74) is 12.2. The van der Waals surface area contributed by atoms with Gasteiger partial charge >= 0.3 is 0 Å². The van der Waals surface area contributed by atoms with Gasteiger partial charge in [-0.1, -0.05) is 133 Å². The molecule has 1 nitrogen and oxygen atoms in total. The van der Waals surface area contributed by atoms with E-state index >= 15 is 0 Å². The topological polar surface area (TPSA) is 9.23 Å². The van der Waals surface area contributed by atoms with Gasteiger partial charge in [-0.25, -0.2) is 0 Å². The maximum Gasteiger partial charge on any atom is 0.135 e. The van der Waals surface area contributed by atoms with Crippen LogP contribution < -0.4 is 4.74 Å². The van der Waals surface area contributed by atoms with Gasteiger partial charge in [0, 0.05) is 20.7 Å². The molecule has 8 aromatic rings.